The highest BCUT2D eigenvalue weighted by Crippen LogP contribution is 2.12. The summed E-state index contributed by atoms with van der Waals surface area (Å²) in [5.41, 5.74) is 6.86. The van der Waals surface area contributed by atoms with E-state index in [9.17, 15) is 8.42 Å². The van der Waals surface area contributed by atoms with E-state index in [0.29, 0.717) is 24.3 Å². The zero-order valence-corrected chi connectivity index (χ0v) is 11.0. The number of anilines is 1. The number of nitrogens with zero attached hydrogens (tertiary/aromatic N) is 1. The SMILES string of the molecule is C[NH+](C)CC[N-]S(=O)(=O)Cc1ccc(N)cc1. The fourth-order valence-corrected chi connectivity index (χ4v) is 2.35. The largest absolute Gasteiger partial charge is 0.544 e. The van der Waals surface area contributed by atoms with Crippen LogP contribution in [0.3, 0.4) is 0 Å². The second kappa shape index (κ2) is 6.00. The van der Waals surface area contributed by atoms with Gasteiger partial charge < -0.3 is 15.4 Å². The van der Waals surface area contributed by atoms with Gasteiger partial charge in [0.05, 0.1) is 36.4 Å². The van der Waals surface area contributed by atoms with Crippen molar-refractivity contribution >= 4 is 15.7 Å². The Hall–Kier alpha value is -1.11. The maximum atomic E-state index is 11.7. The Morgan fingerprint density at radius 3 is 2.35 bits per heavy atom. The molecule has 0 unspecified atom stereocenters. The van der Waals surface area contributed by atoms with Crippen LogP contribution in [0, 0.1) is 0 Å². The first-order valence-corrected chi connectivity index (χ1v) is 7.05. The van der Waals surface area contributed by atoms with Gasteiger partial charge in [0, 0.05) is 5.69 Å². The van der Waals surface area contributed by atoms with Crippen molar-refractivity contribution in [1.29, 1.82) is 0 Å². The van der Waals surface area contributed by atoms with Crippen molar-refractivity contribution in [3.8, 4) is 0 Å². The number of hydrogen-bond acceptors (Lipinski definition) is 3. The number of rotatable bonds is 6. The first-order valence-electron chi connectivity index (χ1n) is 5.44. The number of sulfonamides is 1. The van der Waals surface area contributed by atoms with E-state index < -0.39 is 10.0 Å². The molecule has 1 aromatic carbocycles. The lowest BCUT2D eigenvalue weighted by molar-refractivity contribution is -0.856. The van der Waals surface area contributed by atoms with Gasteiger partial charge in [-0.1, -0.05) is 18.7 Å². The summed E-state index contributed by atoms with van der Waals surface area (Å²) in [4.78, 5) is 1.18. The lowest BCUT2D eigenvalue weighted by atomic mass is 10.2. The van der Waals surface area contributed by atoms with Crippen LogP contribution in [0.2, 0.25) is 0 Å². The molecule has 17 heavy (non-hydrogen) atoms. The Balaban J connectivity index is 2.52. The highest BCUT2D eigenvalue weighted by Gasteiger charge is 2.02. The van der Waals surface area contributed by atoms with Crippen molar-refractivity contribution in [2.45, 2.75) is 5.75 Å². The Bertz CT molecular complexity index is 440. The third kappa shape index (κ3) is 5.67. The van der Waals surface area contributed by atoms with E-state index in [0.717, 1.165) is 0 Å². The van der Waals surface area contributed by atoms with Gasteiger partial charge in [0.15, 0.2) is 0 Å². The lowest BCUT2D eigenvalue weighted by Crippen LogP contribution is -3.06. The maximum Gasteiger partial charge on any atom is 0.0765 e. The van der Waals surface area contributed by atoms with Crippen LogP contribution in [0.1, 0.15) is 5.56 Å². The summed E-state index contributed by atoms with van der Waals surface area (Å²) >= 11 is 0. The van der Waals surface area contributed by atoms with Crippen LogP contribution in [0.15, 0.2) is 24.3 Å². The van der Waals surface area contributed by atoms with Gasteiger partial charge in [0.25, 0.3) is 0 Å². The van der Waals surface area contributed by atoms with Crippen LogP contribution in [0.4, 0.5) is 5.69 Å². The molecule has 0 amide bonds. The molecule has 0 heterocycles. The third-order valence-electron chi connectivity index (χ3n) is 2.23. The molecule has 1 aromatic rings. The fraction of sp³-hybridized carbons (Fsp3) is 0.455. The first kappa shape index (κ1) is 14.0. The number of quaternary nitrogens is 1. The molecule has 0 aliphatic rings. The van der Waals surface area contributed by atoms with Crippen molar-refractivity contribution in [3.05, 3.63) is 34.6 Å². The minimum Gasteiger partial charge on any atom is -0.544 e. The molecule has 3 N–H and O–H groups in total. The quantitative estimate of drug-likeness (QED) is 0.682. The van der Waals surface area contributed by atoms with Gasteiger partial charge in [0.2, 0.25) is 0 Å². The number of nitrogens with one attached hydrogen (secondary N) is 1. The van der Waals surface area contributed by atoms with E-state index in [1.807, 2.05) is 14.1 Å². The van der Waals surface area contributed by atoms with Crippen molar-refractivity contribution in [1.82, 2.24) is 0 Å². The summed E-state index contributed by atoms with van der Waals surface area (Å²) in [6, 6.07) is 6.79. The third-order valence-corrected chi connectivity index (χ3v) is 3.50. The lowest BCUT2D eigenvalue weighted by Gasteiger charge is -2.20. The number of hydrogen-bond donors (Lipinski definition) is 2. The highest BCUT2D eigenvalue weighted by atomic mass is 32.2. The molecule has 0 aliphatic carbocycles. The van der Waals surface area contributed by atoms with Crippen molar-refractivity contribution < 1.29 is 13.3 Å². The van der Waals surface area contributed by atoms with E-state index in [2.05, 4.69) is 4.72 Å². The van der Waals surface area contributed by atoms with E-state index in [1.165, 1.54) is 4.90 Å². The molecule has 0 saturated heterocycles. The minimum absolute atomic E-state index is 0.0595. The Morgan fingerprint density at radius 2 is 1.82 bits per heavy atom. The van der Waals surface area contributed by atoms with Crippen molar-refractivity contribution in [3.63, 3.8) is 0 Å². The van der Waals surface area contributed by atoms with Gasteiger partial charge in [-0.2, -0.15) is 0 Å². The molecule has 0 saturated carbocycles. The summed E-state index contributed by atoms with van der Waals surface area (Å²) in [5, 5.41) is 0. The van der Waals surface area contributed by atoms with Crippen molar-refractivity contribution in [2.75, 3.05) is 32.9 Å². The Labute approximate surface area is 103 Å². The highest BCUT2D eigenvalue weighted by molar-refractivity contribution is 7.93. The van der Waals surface area contributed by atoms with Gasteiger partial charge in [-0.25, -0.2) is 8.42 Å². The van der Waals surface area contributed by atoms with E-state index in [1.54, 1.807) is 24.3 Å². The van der Waals surface area contributed by atoms with Gasteiger partial charge in [-0.15, -0.1) is 0 Å². The smallest absolute Gasteiger partial charge is 0.0765 e. The van der Waals surface area contributed by atoms with Gasteiger partial charge in [-0.3, -0.25) is 0 Å². The average Bonchev–Trinajstić information content (AvgIpc) is 2.20. The molecular weight excluding hydrogens is 238 g/mol. The molecule has 5 nitrogen and oxygen atoms in total. The molecule has 0 bridgehead atoms. The number of nitrogens with two attached hydrogens (primary N) is 1. The number of likely N-dealkylation sites (N-methyl/N-ethyl adjacent to an activating group) is 1. The molecule has 0 aromatic heterocycles. The first-order chi connectivity index (χ1) is 7.89. The topological polar surface area (TPSA) is 78.7 Å². The zero-order chi connectivity index (χ0) is 12.9. The Morgan fingerprint density at radius 1 is 1.24 bits per heavy atom. The van der Waals surface area contributed by atoms with Crippen LogP contribution in [-0.4, -0.2) is 35.6 Å². The second-order valence-electron chi connectivity index (χ2n) is 4.28. The van der Waals surface area contributed by atoms with Crippen LogP contribution in [0.5, 0.6) is 0 Å². The molecule has 0 radical (unpaired) electrons. The summed E-state index contributed by atoms with van der Waals surface area (Å²) in [6.45, 7) is 1.04. The van der Waals surface area contributed by atoms with Gasteiger partial charge in [-0.05, 0) is 17.7 Å². The van der Waals surface area contributed by atoms with E-state index >= 15 is 0 Å². The number of nitrogen functional groups attached to an aromatic ring is 1. The van der Waals surface area contributed by atoms with Crippen LogP contribution >= 0.6 is 0 Å². The maximum absolute atomic E-state index is 11.7. The summed E-state index contributed by atoms with van der Waals surface area (Å²) in [7, 11) is 0.549. The van der Waals surface area contributed by atoms with Crippen LogP contribution in [-0.2, 0) is 15.8 Å². The van der Waals surface area contributed by atoms with Crippen LogP contribution in [0.25, 0.3) is 4.72 Å². The monoisotopic (exact) mass is 257 g/mol. The normalized spacial score (nSPS) is 11.9. The second-order valence-corrected chi connectivity index (χ2v) is 5.99. The molecule has 1 rings (SSSR count). The predicted molar refractivity (Wildman–Crippen MR) is 69.4 cm³/mol. The molecule has 6 heteroatoms. The van der Waals surface area contributed by atoms with E-state index in [4.69, 9.17) is 5.73 Å². The molecule has 0 aliphatic heterocycles. The van der Waals surface area contributed by atoms with Crippen LogP contribution < -0.4 is 10.6 Å². The molecule has 0 fully saturated rings. The molecule has 96 valence electrons. The van der Waals surface area contributed by atoms with Gasteiger partial charge in [0.1, 0.15) is 0 Å². The zero-order valence-electron chi connectivity index (χ0n) is 10.2. The Kier molecular flexibility index (Phi) is 4.92. The molecule has 0 atom stereocenters. The fourth-order valence-electron chi connectivity index (χ4n) is 1.28. The average molecular weight is 257 g/mol. The van der Waals surface area contributed by atoms with Crippen molar-refractivity contribution in [2.24, 2.45) is 0 Å². The standard InChI is InChI=1S/C11H18N3O2S/c1-14(2)8-7-13-17(15,16)9-10-3-5-11(12)6-4-10/h3-6H,7-9,12H2,1-2H3/q-1/p+1. The minimum atomic E-state index is -3.37. The summed E-state index contributed by atoms with van der Waals surface area (Å²) in [6.07, 6.45) is 0. The predicted octanol–water partition coefficient (Wildman–Crippen LogP) is -0.383. The van der Waals surface area contributed by atoms with Gasteiger partial charge >= 0.3 is 0 Å². The molecule has 0 spiro atoms. The summed E-state index contributed by atoms with van der Waals surface area (Å²) < 4.78 is 27.1. The summed E-state index contributed by atoms with van der Waals surface area (Å²) in [5.74, 6) is -0.0595. The number of benzene rings is 1. The molecular formula is C11H19N3O2S. The van der Waals surface area contributed by atoms with E-state index in [-0.39, 0.29) is 5.75 Å².